The van der Waals surface area contributed by atoms with E-state index >= 15 is 0 Å². The predicted molar refractivity (Wildman–Crippen MR) is 50.0 cm³/mol. The molecule has 0 aliphatic heterocycles. The standard InChI is InChI=1S/C9H17NO3/c1-4-5-6-8(2,3)9(10,13)7(11)12/h5-6,13H,4,10H2,1-3H3,(H,11,12)/t9-/m0/s1. The van der Waals surface area contributed by atoms with Crippen molar-refractivity contribution < 1.29 is 15.0 Å². The molecular weight excluding hydrogens is 170 g/mol. The van der Waals surface area contributed by atoms with Crippen LogP contribution in [0.1, 0.15) is 27.2 Å². The highest BCUT2D eigenvalue weighted by atomic mass is 16.4. The van der Waals surface area contributed by atoms with Gasteiger partial charge in [0.05, 0.1) is 0 Å². The maximum absolute atomic E-state index is 10.6. The van der Waals surface area contributed by atoms with Crippen molar-refractivity contribution in [3.05, 3.63) is 12.2 Å². The molecule has 4 N–H and O–H groups in total. The van der Waals surface area contributed by atoms with Crippen molar-refractivity contribution in [2.24, 2.45) is 11.1 Å². The Bertz CT molecular complexity index is 219. The molecule has 1 atom stereocenters. The van der Waals surface area contributed by atoms with E-state index < -0.39 is 17.1 Å². The molecule has 0 bridgehead atoms. The fourth-order valence-corrected chi connectivity index (χ4v) is 0.815. The van der Waals surface area contributed by atoms with Gasteiger partial charge in [0.1, 0.15) is 0 Å². The van der Waals surface area contributed by atoms with Gasteiger partial charge in [-0.1, -0.05) is 32.9 Å². The second kappa shape index (κ2) is 3.89. The first-order chi connectivity index (χ1) is 5.75. The summed E-state index contributed by atoms with van der Waals surface area (Å²) in [6.07, 6.45) is 4.17. The zero-order valence-corrected chi connectivity index (χ0v) is 8.24. The van der Waals surface area contributed by atoms with Crippen LogP contribution in [0.5, 0.6) is 0 Å². The summed E-state index contributed by atoms with van der Waals surface area (Å²) in [5.74, 6) is -1.42. The lowest BCUT2D eigenvalue weighted by molar-refractivity contribution is -0.167. The molecule has 0 aliphatic rings. The van der Waals surface area contributed by atoms with Crippen LogP contribution in [0, 0.1) is 5.41 Å². The number of nitrogens with two attached hydrogens (primary N) is 1. The van der Waals surface area contributed by atoms with E-state index in [1.54, 1.807) is 26.0 Å². The molecule has 0 fully saturated rings. The minimum Gasteiger partial charge on any atom is -0.478 e. The van der Waals surface area contributed by atoms with Crippen LogP contribution in [0.4, 0.5) is 0 Å². The molecule has 0 unspecified atom stereocenters. The summed E-state index contributed by atoms with van der Waals surface area (Å²) in [4.78, 5) is 10.6. The summed E-state index contributed by atoms with van der Waals surface area (Å²) in [5.41, 5.74) is 2.08. The lowest BCUT2D eigenvalue weighted by Crippen LogP contribution is -2.58. The Balaban J connectivity index is 4.80. The van der Waals surface area contributed by atoms with E-state index in [4.69, 9.17) is 10.8 Å². The van der Waals surface area contributed by atoms with E-state index in [9.17, 15) is 9.90 Å². The van der Waals surface area contributed by atoms with E-state index in [-0.39, 0.29) is 0 Å². The smallest absolute Gasteiger partial charge is 0.351 e. The van der Waals surface area contributed by atoms with E-state index in [1.807, 2.05) is 6.92 Å². The normalized spacial score (nSPS) is 17.3. The molecule has 4 heteroatoms. The first kappa shape index (κ1) is 12.1. The first-order valence-corrected chi connectivity index (χ1v) is 4.18. The lowest BCUT2D eigenvalue weighted by atomic mass is 9.81. The van der Waals surface area contributed by atoms with Crippen LogP contribution in [0.2, 0.25) is 0 Å². The molecule has 0 saturated carbocycles. The highest BCUT2D eigenvalue weighted by Crippen LogP contribution is 2.28. The van der Waals surface area contributed by atoms with Crippen LogP contribution in [0.25, 0.3) is 0 Å². The molecule has 0 heterocycles. The molecule has 4 nitrogen and oxygen atoms in total. The van der Waals surface area contributed by atoms with E-state index in [0.717, 1.165) is 6.42 Å². The van der Waals surface area contributed by atoms with Gasteiger partial charge in [0, 0.05) is 5.41 Å². The molecule has 0 radical (unpaired) electrons. The Morgan fingerprint density at radius 3 is 2.31 bits per heavy atom. The molecule has 76 valence electrons. The number of rotatable bonds is 4. The van der Waals surface area contributed by atoms with Crippen LogP contribution >= 0.6 is 0 Å². The number of aliphatic carboxylic acids is 1. The van der Waals surface area contributed by atoms with E-state index in [1.165, 1.54) is 0 Å². The average molecular weight is 187 g/mol. The number of carboxylic acids is 1. The fourth-order valence-electron chi connectivity index (χ4n) is 0.815. The van der Waals surface area contributed by atoms with Crippen LogP contribution in [0.3, 0.4) is 0 Å². The molecule has 0 aromatic carbocycles. The third-order valence-corrected chi connectivity index (χ3v) is 2.08. The Morgan fingerprint density at radius 2 is 2.00 bits per heavy atom. The predicted octanol–water partition coefficient (Wildman–Crippen LogP) is 0.711. The molecule has 0 aromatic heterocycles. The zero-order chi connectivity index (χ0) is 10.7. The van der Waals surface area contributed by atoms with Crippen molar-refractivity contribution >= 4 is 5.97 Å². The molecule has 13 heavy (non-hydrogen) atoms. The SMILES string of the molecule is CCC=CC(C)(C)[C@@](N)(O)C(=O)O. The second-order valence-electron chi connectivity index (χ2n) is 3.60. The van der Waals surface area contributed by atoms with Gasteiger partial charge in [0.25, 0.3) is 0 Å². The highest BCUT2D eigenvalue weighted by Gasteiger charge is 2.45. The summed E-state index contributed by atoms with van der Waals surface area (Å²) >= 11 is 0. The number of aliphatic hydroxyl groups is 1. The quantitative estimate of drug-likeness (QED) is 0.447. The van der Waals surface area contributed by atoms with Gasteiger partial charge in [-0.3, -0.25) is 5.73 Å². The van der Waals surface area contributed by atoms with Crippen LogP contribution in [0.15, 0.2) is 12.2 Å². The zero-order valence-electron chi connectivity index (χ0n) is 8.24. The van der Waals surface area contributed by atoms with E-state index in [0.29, 0.717) is 0 Å². The number of carboxylic acid groups (broad SMARTS) is 1. The van der Waals surface area contributed by atoms with Crippen molar-refractivity contribution in [2.75, 3.05) is 0 Å². The van der Waals surface area contributed by atoms with Crippen molar-refractivity contribution in [1.82, 2.24) is 0 Å². The number of allylic oxidation sites excluding steroid dienone is 1. The van der Waals surface area contributed by atoms with Crippen molar-refractivity contribution in [3.8, 4) is 0 Å². The van der Waals surface area contributed by atoms with Crippen molar-refractivity contribution in [1.29, 1.82) is 0 Å². The van der Waals surface area contributed by atoms with Gasteiger partial charge in [0.2, 0.25) is 5.72 Å². The molecule has 0 aliphatic carbocycles. The molecule has 0 spiro atoms. The van der Waals surface area contributed by atoms with Gasteiger partial charge in [0.15, 0.2) is 0 Å². The van der Waals surface area contributed by atoms with Gasteiger partial charge in [-0.2, -0.15) is 0 Å². The molecular formula is C9H17NO3. The summed E-state index contributed by atoms with van der Waals surface area (Å²) in [6.45, 7) is 5.07. The Labute approximate surface area is 78.1 Å². The molecule has 0 saturated heterocycles. The van der Waals surface area contributed by atoms with E-state index in [2.05, 4.69) is 0 Å². The molecule has 0 amide bonds. The molecule has 0 aromatic rings. The monoisotopic (exact) mass is 187 g/mol. The van der Waals surface area contributed by atoms with Gasteiger partial charge in [-0.05, 0) is 6.42 Å². The number of hydrogen-bond acceptors (Lipinski definition) is 3. The minimum atomic E-state index is -2.22. The highest BCUT2D eigenvalue weighted by molar-refractivity contribution is 5.77. The molecule has 0 rings (SSSR count). The Morgan fingerprint density at radius 1 is 1.54 bits per heavy atom. The maximum atomic E-state index is 10.6. The summed E-state index contributed by atoms with van der Waals surface area (Å²) in [5, 5.41) is 18.1. The number of carbonyl (C=O) groups is 1. The average Bonchev–Trinajstić information content (AvgIpc) is 2.00. The number of hydrogen-bond donors (Lipinski definition) is 3. The van der Waals surface area contributed by atoms with Crippen LogP contribution < -0.4 is 5.73 Å². The van der Waals surface area contributed by atoms with Gasteiger partial charge in [-0.25, -0.2) is 4.79 Å². The van der Waals surface area contributed by atoms with Crippen molar-refractivity contribution in [2.45, 2.75) is 32.9 Å². The van der Waals surface area contributed by atoms with Gasteiger partial charge >= 0.3 is 5.97 Å². The lowest BCUT2D eigenvalue weighted by Gasteiger charge is -2.33. The summed E-state index contributed by atoms with van der Waals surface area (Å²) in [7, 11) is 0. The fraction of sp³-hybridized carbons (Fsp3) is 0.667. The van der Waals surface area contributed by atoms with Crippen molar-refractivity contribution in [3.63, 3.8) is 0 Å². The maximum Gasteiger partial charge on any atom is 0.351 e. The topological polar surface area (TPSA) is 83.5 Å². The Kier molecular flexibility index (Phi) is 3.63. The summed E-state index contributed by atoms with van der Waals surface area (Å²) in [6, 6.07) is 0. The Hall–Kier alpha value is -0.870. The third kappa shape index (κ3) is 2.54. The first-order valence-electron chi connectivity index (χ1n) is 4.18. The van der Waals surface area contributed by atoms with Gasteiger partial charge in [-0.15, -0.1) is 0 Å². The van der Waals surface area contributed by atoms with Gasteiger partial charge < -0.3 is 10.2 Å². The van der Waals surface area contributed by atoms with Crippen LogP contribution in [-0.2, 0) is 4.79 Å². The third-order valence-electron chi connectivity index (χ3n) is 2.08. The van der Waals surface area contributed by atoms with Crippen LogP contribution in [-0.4, -0.2) is 21.9 Å². The summed E-state index contributed by atoms with van der Waals surface area (Å²) < 4.78 is 0. The second-order valence-corrected chi connectivity index (χ2v) is 3.60. The largest absolute Gasteiger partial charge is 0.478 e. The minimum absolute atomic E-state index is 0.777.